The second-order valence-corrected chi connectivity index (χ2v) is 9.86. The first-order chi connectivity index (χ1) is 21.9. The Bertz CT molecular complexity index is 1560. The van der Waals surface area contributed by atoms with E-state index in [-0.39, 0.29) is 16.7 Å². The van der Waals surface area contributed by atoms with Crippen molar-refractivity contribution >= 4 is 34.8 Å². The summed E-state index contributed by atoms with van der Waals surface area (Å²) in [6.07, 6.45) is 0.470. The third kappa shape index (κ3) is 9.73. The molecule has 14 heteroatoms. The number of ether oxygens (including phenoxy) is 8. The molecule has 3 rings (SSSR count). The average Bonchev–Trinajstić information content (AvgIpc) is 2.97. The summed E-state index contributed by atoms with van der Waals surface area (Å²) in [5, 5.41) is 0.207. The zero-order valence-corrected chi connectivity index (χ0v) is 26.3. The number of benzene rings is 1. The van der Waals surface area contributed by atoms with E-state index in [1.807, 2.05) is 19.1 Å². The molecule has 0 spiro atoms. The van der Waals surface area contributed by atoms with Crippen LogP contribution in [0.1, 0.15) is 54.4 Å². The Morgan fingerprint density at radius 2 is 1.57 bits per heavy atom. The van der Waals surface area contributed by atoms with Crippen LogP contribution >= 0.6 is 0 Å². The fourth-order valence-electron chi connectivity index (χ4n) is 4.46. The molecule has 1 aliphatic heterocycles. The van der Waals surface area contributed by atoms with Crippen molar-refractivity contribution in [3.63, 3.8) is 0 Å². The Hall–Kier alpha value is -5.03. The molecule has 248 valence electrons. The molecule has 2 aromatic rings. The number of rotatable bonds is 13. The van der Waals surface area contributed by atoms with E-state index in [1.54, 1.807) is 12.1 Å². The van der Waals surface area contributed by atoms with Crippen molar-refractivity contribution in [2.45, 2.75) is 85.1 Å². The molecule has 0 unspecified atom stereocenters. The van der Waals surface area contributed by atoms with Crippen molar-refractivity contribution in [1.29, 1.82) is 0 Å². The molecule has 46 heavy (non-hydrogen) atoms. The predicted octanol–water partition coefficient (Wildman–Crippen LogP) is 3.35. The molecule has 1 aromatic carbocycles. The van der Waals surface area contributed by atoms with Crippen LogP contribution in [0.4, 0.5) is 0 Å². The van der Waals surface area contributed by atoms with Gasteiger partial charge in [0.15, 0.2) is 18.0 Å². The summed E-state index contributed by atoms with van der Waals surface area (Å²) in [6, 6.07) is 4.64. The van der Waals surface area contributed by atoms with Crippen LogP contribution in [-0.4, -0.2) is 67.8 Å². The van der Waals surface area contributed by atoms with Crippen LogP contribution in [0.15, 0.2) is 39.6 Å². The predicted molar refractivity (Wildman–Crippen MR) is 159 cm³/mol. The Kier molecular flexibility index (Phi) is 13.0. The smallest absolute Gasteiger partial charge is 0.384 e. The molecule has 2 heterocycles. The summed E-state index contributed by atoms with van der Waals surface area (Å²) < 4.78 is 50.3. The van der Waals surface area contributed by atoms with Gasteiger partial charge in [-0.25, -0.2) is 4.79 Å². The zero-order valence-electron chi connectivity index (χ0n) is 26.3. The van der Waals surface area contributed by atoms with E-state index >= 15 is 0 Å². The first kappa shape index (κ1) is 35.4. The summed E-state index contributed by atoms with van der Waals surface area (Å²) in [7, 11) is 0. The largest absolute Gasteiger partial charge is 0.493 e. The standard InChI is InChI=1S/C32H36O14/c1-7-9-10-11-15-38-22-12-13-23-24(16-22)44-31(37)29(39-14-8-2)26(23)46-32-30(43-21(6)36)28(42-20(5)35)27(41-19(4)34)25(45-32)17-40-18(3)33/h9-10,12-13,16,25,27-28,30,32H,7,11,15,17H2,1-6H3/t25-,27-,28+,30+,32-/m1/s1. The Balaban J connectivity index is 2.14. The molecule has 0 bridgehead atoms. The van der Waals surface area contributed by atoms with E-state index in [0.717, 1.165) is 34.1 Å². The first-order valence-corrected chi connectivity index (χ1v) is 14.4. The van der Waals surface area contributed by atoms with Crippen LogP contribution in [0, 0.1) is 12.0 Å². The van der Waals surface area contributed by atoms with E-state index in [2.05, 4.69) is 12.0 Å². The number of allylic oxidation sites excluding steroid dienone is 1. The SMILES string of the molecule is CC#COc1c(O[C@H]2O[C@H](COC(C)=O)[C@@H](OC(C)=O)[C@H](OC(C)=O)[C@@H]2OC(C)=O)c2ccc(OCCC=CCC)cc2oc1=O. The lowest BCUT2D eigenvalue weighted by Crippen LogP contribution is -2.63. The van der Waals surface area contributed by atoms with Gasteiger partial charge in [0.1, 0.15) is 30.1 Å². The van der Waals surface area contributed by atoms with Crippen LogP contribution in [0.25, 0.3) is 11.0 Å². The maximum Gasteiger partial charge on any atom is 0.384 e. The van der Waals surface area contributed by atoms with Gasteiger partial charge in [0.2, 0.25) is 12.4 Å². The molecule has 5 atom stereocenters. The van der Waals surface area contributed by atoms with Crippen molar-refractivity contribution in [1.82, 2.24) is 0 Å². The van der Waals surface area contributed by atoms with Gasteiger partial charge >= 0.3 is 29.5 Å². The third-order valence-electron chi connectivity index (χ3n) is 6.18. The zero-order chi connectivity index (χ0) is 33.8. The van der Waals surface area contributed by atoms with Crippen LogP contribution in [-0.2, 0) is 42.9 Å². The molecule has 1 aromatic heterocycles. The maximum atomic E-state index is 13.1. The summed E-state index contributed by atoms with van der Waals surface area (Å²) in [5.74, 6) is -0.922. The molecular weight excluding hydrogens is 608 g/mol. The minimum atomic E-state index is -1.65. The summed E-state index contributed by atoms with van der Waals surface area (Å²) in [5.41, 5.74) is -0.928. The van der Waals surface area contributed by atoms with E-state index in [9.17, 15) is 24.0 Å². The second kappa shape index (κ2) is 16.9. The van der Waals surface area contributed by atoms with Crippen molar-refractivity contribution in [2.75, 3.05) is 13.2 Å². The molecule has 0 aliphatic carbocycles. The number of hydrogen-bond donors (Lipinski definition) is 0. The van der Waals surface area contributed by atoms with Gasteiger partial charge in [0, 0.05) is 40.7 Å². The molecule has 0 radical (unpaired) electrons. The summed E-state index contributed by atoms with van der Waals surface area (Å²) >= 11 is 0. The highest BCUT2D eigenvalue weighted by Crippen LogP contribution is 2.38. The van der Waals surface area contributed by atoms with Gasteiger partial charge in [0.05, 0.1) is 12.0 Å². The molecule has 0 N–H and O–H groups in total. The second-order valence-electron chi connectivity index (χ2n) is 9.86. The Morgan fingerprint density at radius 1 is 0.891 bits per heavy atom. The highest BCUT2D eigenvalue weighted by molar-refractivity contribution is 5.86. The molecule has 1 aliphatic rings. The number of carbonyl (C=O) groups is 4. The van der Waals surface area contributed by atoms with Crippen LogP contribution in [0.5, 0.6) is 17.2 Å². The first-order valence-electron chi connectivity index (χ1n) is 14.4. The number of carbonyl (C=O) groups excluding carboxylic acids is 4. The normalized spacial score (nSPS) is 20.6. The van der Waals surface area contributed by atoms with Gasteiger partial charge in [-0.1, -0.05) is 25.0 Å². The molecule has 0 saturated carbocycles. The van der Waals surface area contributed by atoms with Crippen molar-refractivity contribution in [2.24, 2.45) is 0 Å². The lowest BCUT2D eigenvalue weighted by molar-refractivity contribution is -0.288. The average molecular weight is 645 g/mol. The monoisotopic (exact) mass is 644 g/mol. The Morgan fingerprint density at radius 3 is 2.20 bits per heavy atom. The minimum Gasteiger partial charge on any atom is -0.493 e. The van der Waals surface area contributed by atoms with Gasteiger partial charge in [-0.05, 0) is 25.0 Å². The third-order valence-corrected chi connectivity index (χ3v) is 6.18. The van der Waals surface area contributed by atoms with Crippen LogP contribution in [0.3, 0.4) is 0 Å². The number of esters is 4. The van der Waals surface area contributed by atoms with E-state index in [0.29, 0.717) is 18.8 Å². The van der Waals surface area contributed by atoms with Gasteiger partial charge in [-0.15, -0.1) is 0 Å². The van der Waals surface area contributed by atoms with Gasteiger partial charge in [-0.2, -0.15) is 0 Å². The number of fused-ring (bicyclic) bond motifs is 1. The lowest BCUT2D eigenvalue weighted by atomic mass is 9.98. The quantitative estimate of drug-likeness (QED) is 0.0776. The molecule has 1 saturated heterocycles. The lowest BCUT2D eigenvalue weighted by Gasteiger charge is -2.43. The topological polar surface area (TPSA) is 172 Å². The molecule has 1 fully saturated rings. The molecule has 0 amide bonds. The van der Waals surface area contributed by atoms with Crippen LogP contribution < -0.4 is 19.8 Å². The van der Waals surface area contributed by atoms with E-state index < -0.39 is 72.6 Å². The van der Waals surface area contributed by atoms with Crippen LogP contribution in [0.2, 0.25) is 0 Å². The van der Waals surface area contributed by atoms with E-state index in [4.69, 9.17) is 42.3 Å². The highest BCUT2D eigenvalue weighted by atomic mass is 16.7. The summed E-state index contributed by atoms with van der Waals surface area (Å²) in [6.45, 7) is 7.82. The minimum absolute atomic E-state index is 0.0454. The highest BCUT2D eigenvalue weighted by Gasteiger charge is 2.53. The fourth-order valence-corrected chi connectivity index (χ4v) is 4.46. The Labute approximate surface area is 264 Å². The van der Waals surface area contributed by atoms with Gasteiger partial charge in [-0.3, -0.25) is 19.2 Å². The van der Waals surface area contributed by atoms with E-state index in [1.165, 1.54) is 13.0 Å². The van der Waals surface area contributed by atoms with Gasteiger partial charge in [0.25, 0.3) is 5.75 Å². The van der Waals surface area contributed by atoms with Crippen molar-refractivity contribution < 1.29 is 61.5 Å². The summed E-state index contributed by atoms with van der Waals surface area (Å²) in [4.78, 5) is 61.3. The molecule has 14 nitrogen and oxygen atoms in total. The van der Waals surface area contributed by atoms with Crippen molar-refractivity contribution in [3.05, 3.63) is 40.8 Å². The van der Waals surface area contributed by atoms with Gasteiger partial charge < -0.3 is 42.3 Å². The fraction of sp³-hybridized carbons (Fsp3) is 0.469. The molecular formula is C32H36O14. The number of hydrogen-bond acceptors (Lipinski definition) is 14. The van der Waals surface area contributed by atoms with Crippen molar-refractivity contribution in [3.8, 4) is 29.3 Å². The maximum absolute atomic E-state index is 13.1.